The monoisotopic (exact) mass is 285 g/mol. The number of carbonyl (C=O) groups is 2. The van der Waals surface area contributed by atoms with Crippen LogP contribution in [0.15, 0.2) is 0 Å². The summed E-state index contributed by atoms with van der Waals surface area (Å²) in [4.78, 5) is 21.6. The molecule has 5 heteroatoms. The van der Waals surface area contributed by atoms with Gasteiger partial charge in [0.1, 0.15) is 3.92 Å². The van der Waals surface area contributed by atoms with Crippen LogP contribution in [0.25, 0.3) is 0 Å². The zero-order valence-electron chi connectivity index (χ0n) is 7.09. The van der Waals surface area contributed by atoms with Gasteiger partial charge in [0.2, 0.25) is 5.91 Å². The van der Waals surface area contributed by atoms with Crippen LogP contribution in [-0.2, 0) is 14.3 Å². The highest BCUT2D eigenvalue weighted by Crippen LogP contribution is 2.00. The summed E-state index contributed by atoms with van der Waals surface area (Å²) in [5.41, 5.74) is 0. The van der Waals surface area contributed by atoms with E-state index in [9.17, 15) is 9.59 Å². The van der Waals surface area contributed by atoms with E-state index < -0.39 is 0 Å². The Balaban J connectivity index is 3.63. The number of carbonyl (C=O) groups excluding carboxylic acids is 2. The van der Waals surface area contributed by atoms with Crippen LogP contribution in [0.1, 0.15) is 13.3 Å². The Morgan fingerprint density at radius 1 is 1.58 bits per heavy atom. The van der Waals surface area contributed by atoms with Crippen LogP contribution in [0.4, 0.5) is 0 Å². The van der Waals surface area contributed by atoms with Crippen LogP contribution in [0.3, 0.4) is 0 Å². The van der Waals surface area contributed by atoms with Gasteiger partial charge < -0.3 is 10.1 Å². The fourth-order valence-corrected chi connectivity index (χ4v) is 1.01. The first-order chi connectivity index (χ1) is 5.61. The summed E-state index contributed by atoms with van der Waals surface area (Å²) in [6, 6.07) is 0. The van der Waals surface area contributed by atoms with E-state index in [1.54, 1.807) is 6.92 Å². The van der Waals surface area contributed by atoms with E-state index in [-0.39, 0.29) is 15.8 Å². The number of halogens is 1. The molecule has 0 fully saturated rings. The zero-order chi connectivity index (χ0) is 9.56. The molecule has 0 aliphatic rings. The summed E-state index contributed by atoms with van der Waals surface area (Å²) in [6.45, 7) is 2.09. The van der Waals surface area contributed by atoms with Gasteiger partial charge in [0.25, 0.3) is 0 Å². The van der Waals surface area contributed by atoms with E-state index >= 15 is 0 Å². The van der Waals surface area contributed by atoms with Crippen LogP contribution in [0.2, 0.25) is 0 Å². The number of amides is 1. The van der Waals surface area contributed by atoms with Crippen molar-refractivity contribution in [2.75, 3.05) is 13.7 Å². The maximum atomic E-state index is 10.8. The molecule has 0 aromatic rings. The summed E-state index contributed by atoms with van der Waals surface area (Å²) >= 11 is 1.93. The molecular formula is C7H12INO3. The average molecular weight is 285 g/mol. The molecular weight excluding hydrogens is 273 g/mol. The van der Waals surface area contributed by atoms with Gasteiger partial charge >= 0.3 is 5.97 Å². The van der Waals surface area contributed by atoms with E-state index in [1.165, 1.54) is 7.11 Å². The summed E-state index contributed by atoms with van der Waals surface area (Å²) in [6.07, 6.45) is 0.435. The van der Waals surface area contributed by atoms with Crippen LogP contribution in [0.5, 0.6) is 0 Å². The molecule has 0 spiro atoms. The maximum Gasteiger partial charge on any atom is 0.320 e. The predicted molar refractivity (Wildman–Crippen MR) is 53.1 cm³/mol. The summed E-state index contributed by atoms with van der Waals surface area (Å²) < 4.78 is 4.18. The lowest BCUT2D eigenvalue weighted by atomic mass is 10.4. The zero-order valence-corrected chi connectivity index (χ0v) is 9.25. The number of hydrogen-bond donors (Lipinski definition) is 1. The van der Waals surface area contributed by atoms with Crippen molar-refractivity contribution in [3.05, 3.63) is 0 Å². The minimum absolute atomic E-state index is 0.0550. The molecule has 0 saturated heterocycles. The number of ether oxygens (including phenoxy) is 1. The summed E-state index contributed by atoms with van der Waals surface area (Å²) in [5.74, 6) is -0.368. The van der Waals surface area contributed by atoms with Gasteiger partial charge in [-0.05, 0) is 0 Å². The predicted octanol–water partition coefficient (Wildman–Crippen LogP) is 0.489. The first kappa shape index (κ1) is 11.7. The standard InChI is InChI=1S/C7H12INO3/c1-3-6(10)9-4-5(8)7(11)12-2/h5H,3-4H2,1-2H3,(H,9,10). The van der Waals surface area contributed by atoms with Crippen molar-refractivity contribution in [1.29, 1.82) is 0 Å². The molecule has 0 bridgehead atoms. The normalized spacial score (nSPS) is 11.9. The van der Waals surface area contributed by atoms with Gasteiger partial charge in [-0.3, -0.25) is 9.59 Å². The fourth-order valence-electron chi connectivity index (χ4n) is 0.540. The second-order valence-corrected chi connectivity index (χ2v) is 3.65. The van der Waals surface area contributed by atoms with Gasteiger partial charge in [-0.25, -0.2) is 0 Å². The first-order valence-corrected chi connectivity index (χ1v) is 4.85. The number of rotatable bonds is 4. The Hall–Kier alpha value is -0.330. The van der Waals surface area contributed by atoms with Crippen molar-refractivity contribution in [3.8, 4) is 0 Å². The van der Waals surface area contributed by atoms with E-state index in [1.807, 2.05) is 22.6 Å². The Morgan fingerprint density at radius 3 is 2.58 bits per heavy atom. The molecule has 0 aliphatic carbocycles. The molecule has 0 aliphatic heterocycles. The molecule has 0 aromatic heterocycles. The Bertz CT molecular complexity index is 172. The quantitative estimate of drug-likeness (QED) is 0.464. The van der Waals surface area contributed by atoms with Crippen molar-refractivity contribution in [1.82, 2.24) is 5.32 Å². The van der Waals surface area contributed by atoms with Gasteiger partial charge in [0.05, 0.1) is 7.11 Å². The van der Waals surface area contributed by atoms with Gasteiger partial charge in [0.15, 0.2) is 0 Å². The molecule has 0 rings (SSSR count). The van der Waals surface area contributed by atoms with Crippen LogP contribution in [-0.4, -0.2) is 29.5 Å². The molecule has 4 nitrogen and oxygen atoms in total. The third-order valence-electron chi connectivity index (χ3n) is 1.26. The van der Waals surface area contributed by atoms with E-state index in [0.717, 1.165) is 0 Å². The lowest BCUT2D eigenvalue weighted by Gasteiger charge is -2.07. The first-order valence-electron chi connectivity index (χ1n) is 3.60. The van der Waals surface area contributed by atoms with Gasteiger partial charge in [-0.1, -0.05) is 29.5 Å². The molecule has 0 heterocycles. The number of nitrogens with one attached hydrogen (secondary N) is 1. The van der Waals surface area contributed by atoms with E-state index in [0.29, 0.717) is 13.0 Å². The van der Waals surface area contributed by atoms with E-state index in [4.69, 9.17) is 0 Å². The molecule has 1 unspecified atom stereocenters. The Morgan fingerprint density at radius 2 is 2.17 bits per heavy atom. The topological polar surface area (TPSA) is 55.4 Å². The second kappa shape index (κ2) is 6.22. The third kappa shape index (κ3) is 4.53. The highest BCUT2D eigenvalue weighted by molar-refractivity contribution is 14.1. The summed E-state index contributed by atoms with van der Waals surface area (Å²) in [7, 11) is 1.33. The van der Waals surface area contributed by atoms with Crippen molar-refractivity contribution >= 4 is 34.5 Å². The number of alkyl halides is 1. The average Bonchev–Trinajstić information content (AvgIpc) is 2.11. The minimum Gasteiger partial charge on any atom is -0.468 e. The molecule has 12 heavy (non-hydrogen) atoms. The minimum atomic E-state index is -0.313. The van der Waals surface area contributed by atoms with Gasteiger partial charge in [-0.15, -0.1) is 0 Å². The van der Waals surface area contributed by atoms with E-state index in [2.05, 4.69) is 10.1 Å². The highest BCUT2D eigenvalue weighted by Gasteiger charge is 2.14. The molecule has 1 atom stereocenters. The van der Waals surface area contributed by atoms with Crippen molar-refractivity contribution in [2.24, 2.45) is 0 Å². The number of hydrogen-bond acceptors (Lipinski definition) is 3. The smallest absolute Gasteiger partial charge is 0.320 e. The Kier molecular flexibility index (Phi) is 6.04. The summed E-state index contributed by atoms with van der Waals surface area (Å²) in [5, 5.41) is 2.60. The maximum absolute atomic E-state index is 10.8. The third-order valence-corrected chi connectivity index (χ3v) is 2.21. The second-order valence-electron chi connectivity index (χ2n) is 2.15. The van der Waals surface area contributed by atoms with Crippen molar-refractivity contribution < 1.29 is 14.3 Å². The SMILES string of the molecule is CCC(=O)NCC(I)C(=O)OC. The lowest BCUT2D eigenvalue weighted by molar-refractivity contribution is -0.139. The highest BCUT2D eigenvalue weighted by atomic mass is 127. The lowest BCUT2D eigenvalue weighted by Crippen LogP contribution is -2.33. The largest absolute Gasteiger partial charge is 0.468 e. The number of esters is 1. The van der Waals surface area contributed by atoms with Crippen molar-refractivity contribution in [3.63, 3.8) is 0 Å². The van der Waals surface area contributed by atoms with Gasteiger partial charge in [0, 0.05) is 13.0 Å². The van der Waals surface area contributed by atoms with Crippen LogP contribution < -0.4 is 5.32 Å². The fraction of sp³-hybridized carbons (Fsp3) is 0.714. The van der Waals surface area contributed by atoms with Gasteiger partial charge in [-0.2, -0.15) is 0 Å². The molecule has 1 N–H and O–H groups in total. The molecule has 0 radical (unpaired) electrons. The van der Waals surface area contributed by atoms with Crippen LogP contribution in [0, 0.1) is 0 Å². The Labute approximate surface area is 85.2 Å². The number of methoxy groups -OCH3 is 1. The molecule has 70 valence electrons. The molecule has 1 amide bonds. The molecule has 0 aromatic carbocycles. The molecule has 0 saturated carbocycles. The van der Waals surface area contributed by atoms with Crippen LogP contribution >= 0.6 is 22.6 Å². The van der Waals surface area contributed by atoms with Crippen molar-refractivity contribution in [2.45, 2.75) is 17.3 Å².